The highest BCUT2D eigenvalue weighted by Crippen LogP contribution is 2.20. The molecular formula is C16H21ClN6O3. The number of ether oxygens (including phenoxy) is 1. The summed E-state index contributed by atoms with van der Waals surface area (Å²) in [4.78, 5) is 32.5. The molecule has 1 aliphatic rings. The van der Waals surface area contributed by atoms with Crippen LogP contribution in [0.15, 0.2) is 23.4 Å². The Labute approximate surface area is 156 Å². The van der Waals surface area contributed by atoms with Gasteiger partial charge in [-0.2, -0.15) is 0 Å². The molecule has 1 aromatic rings. The van der Waals surface area contributed by atoms with Crippen molar-refractivity contribution in [2.45, 2.75) is 37.8 Å². The Balaban J connectivity index is 1.96. The molecule has 10 heteroatoms. The Bertz CT molecular complexity index is 677. The van der Waals surface area contributed by atoms with E-state index in [9.17, 15) is 9.59 Å². The molecule has 1 saturated heterocycles. The van der Waals surface area contributed by atoms with Crippen LogP contribution in [-0.2, 0) is 9.59 Å². The van der Waals surface area contributed by atoms with Crippen molar-refractivity contribution in [1.82, 2.24) is 15.2 Å². The van der Waals surface area contributed by atoms with E-state index in [-0.39, 0.29) is 30.8 Å². The number of likely N-dealkylation sites (tertiary alicyclic amines) is 1. The lowest BCUT2D eigenvalue weighted by Gasteiger charge is -2.34. The van der Waals surface area contributed by atoms with Crippen molar-refractivity contribution in [2.75, 3.05) is 20.1 Å². The number of hydrogen-bond donors (Lipinski definition) is 1. The number of hydrogen-bond acceptors (Lipinski definition) is 5. The van der Waals surface area contributed by atoms with Crippen LogP contribution in [0.4, 0.5) is 0 Å². The molecule has 1 fully saturated rings. The Morgan fingerprint density at radius 2 is 2.38 bits per heavy atom. The van der Waals surface area contributed by atoms with E-state index in [2.05, 4.69) is 20.3 Å². The van der Waals surface area contributed by atoms with Crippen LogP contribution in [0.1, 0.15) is 25.7 Å². The summed E-state index contributed by atoms with van der Waals surface area (Å²) in [5.41, 5.74) is 8.72. The van der Waals surface area contributed by atoms with Crippen LogP contribution in [0.25, 0.3) is 10.4 Å². The maximum atomic E-state index is 12.7. The maximum Gasteiger partial charge on any atom is 0.231 e. The molecule has 0 aromatic carbocycles. The average Bonchev–Trinajstić information content (AvgIpc) is 2.66. The van der Waals surface area contributed by atoms with Gasteiger partial charge in [0, 0.05) is 37.2 Å². The molecule has 1 N–H and O–H groups in total. The molecule has 0 spiro atoms. The Morgan fingerprint density at radius 3 is 3.04 bits per heavy atom. The molecule has 2 unspecified atom stereocenters. The molecule has 2 rings (SSSR count). The number of azide groups is 1. The van der Waals surface area contributed by atoms with E-state index in [0.29, 0.717) is 24.0 Å². The van der Waals surface area contributed by atoms with Gasteiger partial charge in [0.25, 0.3) is 0 Å². The van der Waals surface area contributed by atoms with Crippen molar-refractivity contribution in [1.29, 1.82) is 0 Å². The monoisotopic (exact) mass is 380 g/mol. The van der Waals surface area contributed by atoms with Crippen molar-refractivity contribution in [3.8, 4) is 5.88 Å². The zero-order chi connectivity index (χ0) is 18.9. The van der Waals surface area contributed by atoms with E-state index in [0.717, 1.165) is 12.8 Å². The molecular weight excluding hydrogens is 360 g/mol. The maximum absolute atomic E-state index is 12.7. The van der Waals surface area contributed by atoms with E-state index in [1.54, 1.807) is 17.0 Å². The summed E-state index contributed by atoms with van der Waals surface area (Å²) in [6.07, 6.45) is 3.14. The molecule has 0 aliphatic carbocycles. The van der Waals surface area contributed by atoms with Gasteiger partial charge in [-0.15, -0.1) is 0 Å². The highest BCUT2D eigenvalue weighted by Gasteiger charge is 2.29. The molecule has 1 aromatic heterocycles. The van der Waals surface area contributed by atoms with Crippen molar-refractivity contribution in [3.63, 3.8) is 0 Å². The Kier molecular flexibility index (Phi) is 7.50. The molecule has 1 aliphatic heterocycles. The summed E-state index contributed by atoms with van der Waals surface area (Å²) >= 11 is 5.81. The van der Waals surface area contributed by atoms with Gasteiger partial charge in [-0.3, -0.25) is 9.59 Å². The molecule has 2 heterocycles. The summed E-state index contributed by atoms with van der Waals surface area (Å²) in [5, 5.41) is 6.57. The predicted octanol–water partition coefficient (Wildman–Crippen LogP) is 2.31. The van der Waals surface area contributed by atoms with Gasteiger partial charge in [0.2, 0.25) is 17.7 Å². The van der Waals surface area contributed by atoms with Crippen LogP contribution in [-0.4, -0.2) is 54.0 Å². The van der Waals surface area contributed by atoms with Crippen LogP contribution in [0.2, 0.25) is 5.02 Å². The number of rotatable bonds is 7. The number of pyridine rings is 1. The van der Waals surface area contributed by atoms with Crippen LogP contribution in [0, 0.1) is 0 Å². The molecule has 140 valence electrons. The molecule has 26 heavy (non-hydrogen) atoms. The van der Waals surface area contributed by atoms with Crippen molar-refractivity contribution < 1.29 is 14.3 Å². The van der Waals surface area contributed by atoms with Gasteiger partial charge in [-0.05, 0) is 30.9 Å². The number of aromatic nitrogens is 1. The minimum absolute atomic E-state index is 0.119. The van der Waals surface area contributed by atoms with Crippen LogP contribution < -0.4 is 10.1 Å². The fourth-order valence-electron chi connectivity index (χ4n) is 2.73. The van der Waals surface area contributed by atoms with Gasteiger partial charge >= 0.3 is 0 Å². The minimum atomic E-state index is -0.898. The second-order valence-corrected chi connectivity index (χ2v) is 6.35. The van der Waals surface area contributed by atoms with Gasteiger partial charge in [0.1, 0.15) is 12.1 Å². The second kappa shape index (κ2) is 9.84. The third-order valence-electron chi connectivity index (χ3n) is 4.08. The smallest absolute Gasteiger partial charge is 0.231 e. The second-order valence-electron chi connectivity index (χ2n) is 5.91. The third kappa shape index (κ3) is 5.79. The lowest BCUT2D eigenvalue weighted by atomic mass is 10.1. The van der Waals surface area contributed by atoms with Gasteiger partial charge in [-0.25, -0.2) is 4.98 Å². The molecule has 0 radical (unpaired) electrons. The van der Waals surface area contributed by atoms with E-state index in [4.69, 9.17) is 21.9 Å². The average molecular weight is 381 g/mol. The summed E-state index contributed by atoms with van der Waals surface area (Å²) in [7, 11) is 1.52. The first kappa shape index (κ1) is 19.8. The third-order valence-corrected chi connectivity index (χ3v) is 4.30. The van der Waals surface area contributed by atoms with Gasteiger partial charge < -0.3 is 15.0 Å². The summed E-state index contributed by atoms with van der Waals surface area (Å²) < 4.78 is 5.81. The molecule has 2 atom stereocenters. The zero-order valence-electron chi connectivity index (χ0n) is 14.5. The number of halogens is 1. The summed E-state index contributed by atoms with van der Waals surface area (Å²) in [6, 6.07) is 2.46. The van der Waals surface area contributed by atoms with Crippen LogP contribution in [0.5, 0.6) is 5.88 Å². The Morgan fingerprint density at radius 1 is 1.58 bits per heavy atom. The molecule has 2 amide bonds. The van der Waals surface area contributed by atoms with E-state index in [1.165, 1.54) is 13.2 Å². The first-order chi connectivity index (χ1) is 12.5. The van der Waals surface area contributed by atoms with Crippen molar-refractivity contribution in [2.24, 2.45) is 5.11 Å². The zero-order valence-corrected chi connectivity index (χ0v) is 15.2. The standard InChI is InChI=1S/C16H21ClN6O3/c1-19-14(24)6-5-13(21-22-18)16(25)23-8-2-3-12(10-23)26-15-7-4-11(17)9-20-15/h4,7,9,12-13H,2-3,5-6,8,10H2,1H3,(H,19,24). The van der Waals surface area contributed by atoms with Crippen LogP contribution in [0.3, 0.4) is 0 Å². The highest BCUT2D eigenvalue weighted by atomic mass is 35.5. The molecule has 0 saturated carbocycles. The highest BCUT2D eigenvalue weighted by molar-refractivity contribution is 6.30. The Hall–Kier alpha value is -2.51. The number of nitrogens with zero attached hydrogens (tertiary/aromatic N) is 5. The SMILES string of the molecule is CNC(=O)CCC(N=[N+]=[N-])C(=O)N1CCCC(Oc2ccc(Cl)cn2)C1. The van der Waals surface area contributed by atoms with Crippen LogP contribution >= 0.6 is 11.6 Å². The largest absolute Gasteiger partial charge is 0.472 e. The van der Waals surface area contributed by atoms with Crippen molar-refractivity contribution >= 4 is 23.4 Å². The fourth-order valence-corrected chi connectivity index (χ4v) is 2.85. The number of carbonyl (C=O) groups is 2. The first-order valence-electron chi connectivity index (χ1n) is 8.35. The normalized spacial score (nSPS) is 17.8. The van der Waals surface area contributed by atoms with Crippen molar-refractivity contribution in [3.05, 3.63) is 33.8 Å². The number of carbonyl (C=O) groups excluding carboxylic acids is 2. The van der Waals surface area contributed by atoms with E-state index >= 15 is 0 Å². The van der Waals surface area contributed by atoms with E-state index < -0.39 is 6.04 Å². The minimum Gasteiger partial charge on any atom is -0.472 e. The quantitative estimate of drug-likeness (QED) is 0.443. The number of amides is 2. The number of piperidine rings is 1. The van der Waals surface area contributed by atoms with Gasteiger partial charge in [0.15, 0.2) is 0 Å². The predicted molar refractivity (Wildman–Crippen MR) is 95.7 cm³/mol. The molecule has 0 bridgehead atoms. The summed E-state index contributed by atoms with van der Waals surface area (Å²) in [6.45, 7) is 0.935. The first-order valence-corrected chi connectivity index (χ1v) is 8.73. The molecule has 9 nitrogen and oxygen atoms in total. The fraction of sp³-hybridized carbons (Fsp3) is 0.562. The van der Waals surface area contributed by atoms with E-state index in [1.807, 2.05) is 0 Å². The lowest BCUT2D eigenvalue weighted by Crippen LogP contribution is -2.47. The lowest BCUT2D eigenvalue weighted by molar-refractivity contribution is -0.135. The number of nitrogens with one attached hydrogen (secondary N) is 1. The van der Waals surface area contributed by atoms with Gasteiger partial charge in [-0.1, -0.05) is 16.7 Å². The summed E-state index contributed by atoms with van der Waals surface area (Å²) in [5.74, 6) is -0.0476. The topological polar surface area (TPSA) is 120 Å². The van der Waals surface area contributed by atoms with Gasteiger partial charge in [0.05, 0.1) is 11.6 Å².